The van der Waals surface area contributed by atoms with E-state index in [-0.39, 0.29) is 5.69 Å². The predicted octanol–water partition coefficient (Wildman–Crippen LogP) is 2.70. The number of methoxy groups -OCH3 is 1. The molecule has 1 aromatic carbocycles. The van der Waals surface area contributed by atoms with Gasteiger partial charge in [0, 0.05) is 32.4 Å². The van der Waals surface area contributed by atoms with Crippen LogP contribution >= 0.6 is 0 Å². The zero-order valence-electron chi connectivity index (χ0n) is 11.4. The van der Waals surface area contributed by atoms with Crippen molar-refractivity contribution in [3.63, 3.8) is 0 Å². The summed E-state index contributed by atoms with van der Waals surface area (Å²) in [6, 6.07) is 4.59. The summed E-state index contributed by atoms with van der Waals surface area (Å²) in [6.45, 7) is 1.60. The Balaban J connectivity index is 1.89. The molecular weight excluding hydrogens is 260 g/mol. The van der Waals surface area contributed by atoms with Crippen molar-refractivity contribution in [2.24, 2.45) is 0 Å². The van der Waals surface area contributed by atoms with Crippen molar-refractivity contribution in [2.45, 2.75) is 19.3 Å². The van der Waals surface area contributed by atoms with Crippen molar-refractivity contribution in [3.05, 3.63) is 28.3 Å². The number of aromatic nitrogens is 2. The number of hydrogen-bond acceptors (Lipinski definition) is 5. The molecule has 0 saturated carbocycles. The molecule has 108 valence electrons. The summed E-state index contributed by atoms with van der Waals surface area (Å²) >= 11 is 0. The number of H-pyrrole nitrogens is 1. The highest BCUT2D eigenvalue weighted by Crippen LogP contribution is 2.20. The molecule has 0 spiro atoms. The number of imidazole rings is 1. The number of rotatable bonds is 8. The number of nitro groups is 1. The van der Waals surface area contributed by atoms with E-state index in [1.165, 1.54) is 12.1 Å². The topological polar surface area (TPSA) is 93.1 Å². The minimum absolute atomic E-state index is 0.0623. The van der Waals surface area contributed by atoms with Crippen molar-refractivity contribution >= 4 is 22.7 Å². The fourth-order valence-corrected chi connectivity index (χ4v) is 1.95. The molecule has 2 rings (SSSR count). The first-order chi connectivity index (χ1) is 9.70. The highest BCUT2D eigenvalue weighted by molar-refractivity contribution is 5.79. The van der Waals surface area contributed by atoms with Crippen LogP contribution in [0.25, 0.3) is 11.0 Å². The van der Waals surface area contributed by atoms with Crippen molar-refractivity contribution in [3.8, 4) is 0 Å². The van der Waals surface area contributed by atoms with Crippen LogP contribution in [0.5, 0.6) is 0 Å². The fourth-order valence-electron chi connectivity index (χ4n) is 1.95. The van der Waals surface area contributed by atoms with Gasteiger partial charge in [-0.25, -0.2) is 4.98 Å². The van der Waals surface area contributed by atoms with Gasteiger partial charge in [0.2, 0.25) is 5.95 Å². The Morgan fingerprint density at radius 2 is 2.25 bits per heavy atom. The van der Waals surface area contributed by atoms with Crippen molar-refractivity contribution in [1.29, 1.82) is 0 Å². The minimum atomic E-state index is -0.414. The highest BCUT2D eigenvalue weighted by Gasteiger charge is 2.09. The molecule has 2 N–H and O–H groups in total. The van der Waals surface area contributed by atoms with E-state index in [1.807, 2.05) is 0 Å². The minimum Gasteiger partial charge on any atom is -0.385 e. The molecule has 1 aromatic heterocycles. The second kappa shape index (κ2) is 6.85. The summed E-state index contributed by atoms with van der Waals surface area (Å²) < 4.78 is 4.98. The number of nitrogens with zero attached hydrogens (tertiary/aromatic N) is 2. The lowest BCUT2D eigenvalue weighted by molar-refractivity contribution is -0.384. The number of unbranched alkanes of at least 4 members (excludes halogenated alkanes) is 2. The fraction of sp³-hybridized carbons (Fsp3) is 0.462. The van der Waals surface area contributed by atoms with Crippen LogP contribution in [0.15, 0.2) is 18.2 Å². The Kier molecular flexibility index (Phi) is 4.89. The zero-order chi connectivity index (χ0) is 14.4. The van der Waals surface area contributed by atoms with E-state index in [0.29, 0.717) is 11.5 Å². The first-order valence-electron chi connectivity index (χ1n) is 6.57. The van der Waals surface area contributed by atoms with E-state index in [2.05, 4.69) is 15.3 Å². The van der Waals surface area contributed by atoms with Gasteiger partial charge in [-0.3, -0.25) is 10.1 Å². The van der Waals surface area contributed by atoms with Gasteiger partial charge in [0.15, 0.2) is 0 Å². The number of nitrogens with one attached hydrogen (secondary N) is 2. The molecule has 1 heterocycles. The zero-order valence-corrected chi connectivity index (χ0v) is 11.4. The Labute approximate surface area is 116 Å². The summed E-state index contributed by atoms with van der Waals surface area (Å²) in [6.07, 6.45) is 3.16. The lowest BCUT2D eigenvalue weighted by Crippen LogP contribution is -2.03. The average Bonchev–Trinajstić information content (AvgIpc) is 2.84. The second-order valence-corrected chi connectivity index (χ2v) is 4.52. The van der Waals surface area contributed by atoms with Crippen LogP contribution in [0, 0.1) is 10.1 Å². The average molecular weight is 278 g/mol. The van der Waals surface area contributed by atoms with Crippen molar-refractivity contribution in [2.75, 3.05) is 25.6 Å². The molecular formula is C13H18N4O3. The Morgan fingerprint density at radius 1 is 1.40 bits per heavy atom. The lowest BCUT2D eigenvalue weighted by atomic mass is 10.2. The maximum atomic E-state index is 10.7. The molecule has 0 fully saturated rings. The maximum Gasteiger partial charge on any atom is 0.271 e. The van der Waals surface area contributed by atoms with E-state index in [0.717, 1.165) is 37.9 Å². The van der Waals surface area contributed by atoms with Gasteiger partial charge in [-0.15, -0.1) is 0 Å². The highest BCUT2D eigenvalue weighted by atomic mass is 16.6. The van der Waals surface area contributed by atoms with E-state index >= 15 is 0 Å². The number of fused-ring (bicyclic) bond motifs is 1. The Hall–Kier alpha value is -2.15. The molecule has 7 heteroatoms. The van der Waals surface area contributed by atoms with Crippen LogP contribution in [0.3, 0.4) is 0 Å². The third-order valence-corrected chi connectivity index (χ3v) is 2.99. The quantitative estimate of drug-likeness (QED) is 0.440. The van der Waals surface area contributed by atoms with Crippen molar-refractivity contribution in [1.82, 2.24) is 9.97 Å². The van der Waals surface area contributed by atoms with Gasteiger partial charge in [0.05, 0.1) is 16.0 Å². The largest absolute Gasteiger partial charge is 0.385 e. The van der Waals surface area contributed by atoms with Gasteiger partial charge in [-0.2, -0.15) is 0 Å². The molecule has 0 aliphatic rings. The molecule has 20 heavy (non-hydrogen) atoms. The number of aromatic amines is 1. The molecule has 0 amide bonds. The summed E-state index contributed by atoms with van der Waals surface area (Å²) in [4.78, 5) is 17.7. The number of ether oxygens (including phenoxy) is 1. The molecule has 0 atom stereocenters. The molecule has 2 aromatic rings. The molecule has 0 aliphatic carbocycles. The van der Waals surface area contributed by atoms with Gasteiger partial charge in [-0.05, 0) is 25.3 Å². The Bertz CT molecular complexity index is 582. The second-order valence-electron chi connectivity index (χ2n) is 4.52. The number of hydrogen-bond donors (Lipinski definition) is 2. The molecule has 0 unspecified atom stereocenters. The van der Waals surface area contributed by atoms with Crippen LogP contribution in [-0.2, 0) is 4.74 Å². The molecule has 0 saturated heterocycles. The third-order valence-electron chi connectivity index (χ3n) is 2.99. The molecule has 0 aliphatic heterocycles. The number of anilines is 1. The standard InChI is InChI=1S/C13H18N4O3/c1-20-8-4-2-3-7-14-13-15-11-6-5-10(17(18)19)9-12(11)16-13/h5-6,9H,2-4,7-8H2,1H3,(H2,14,15,16). The van der Waals surface area contributed by atoms with Crippen LogP contribution < -0.4 is 5.32 Å². The normalized spacial score (nSPS) is 10.8. The summed E-state index contributed by atoms with van der Waals surface area (Å²) in [5.41, 5.74) is 1.45. The SMILES string of the molecule is COCCCCCNc1nc2ccc([N+](=O)[O-])cc2[nH]1. The van der Waals surface area contributed by atoms with E-state index in [1.54, 1.807) is 13.2 Å². The summed E-state index contributed by atoms with van der Waals surface area (Å²) in [7, 11) is 1.70. The number of non-ortho nitro benzene ring substituents is 1. The lowest BCUT2D eigenvalue weighted by Gasteiger charge is -2.02. The smallest absolute Gasteiger partial charge is 0.271 e. The summed E-state index contributed by atoms with van der Waals surface area (Å²) in [5, 5.41) is 13.9. The Morgan fingerprint density at radius 3 is 3.00 bits per heavy atom. The van der Waals surface area contributed by atoms with Crippen LogP contribution in [0.2, 0.25) is 0 Å². The van der Waals surface area contributed by atoms with Crippen LogP contribution in [-0.4, -0.2) is 35.2 Å². The van der Waals surface area contributed by atoms with Gasteiger partial charge in [0.25, 0.3) is 5.69 Å². The van der Waals surface area contributed by atoms with E-state index in [4.69, 9.17) is 4.74 Å². The first-order valence-corrected chi connectivity index (χ1v) is 6.57. The van der Waals surface area contributed by atoms with Crippen LogP contribution in [0.1, 0.15) is 19.3 Å². The molecule has 0 bridgehead atoms. The summed E-state index contributed by atoms with van der Waals surface area (Å²) in [5.74, 6) is 0.646. The predicted molar refractivity (Wildman–Crippen MR) is 77.0 cm³/mol. The van der Waals surface area contributed by atoms with E-state index in [9.17, 15) is 10.1 Å². The van der Waals surface area contributed by atoms with Crippen molar-refractivity contribution < 1.29 is 9.66 Å². The van der Waals surface area contributed by atoms with Gasteiger partial charge >= 0.3 is 0 Å². The van der Waals surface area contributed by atoms with Crippen LogP contribution in [0.4, 0.5) is 11.6 Å². The van der Waals surface area contributed by atoms with E-state index < -0.39 is 4.92 Å². The first kappa shape index (κ1) is 14.3. The number of nitro benzene ring substituents is 1. The van der Waals surface area contributed by atoms with Gasteiger partial charge in [-0.1, -0.05) is 0 Å². The third kappa shape index (κ3) is 3.67. The number of benzene rings is 1. The van der Waals surface area contributed by atoms with Gasteiger partial charge in [0.1, 0.15) is 0 Å². The molecule has 0 radical (unpaired) electrons. The monoisotopic (exact) mass is 278 g/mol. The van der Waals surface area contributed by atoms with Gasteiger partial charge < -0.3 is 15.0 Å². The maximum absolute atomic E-state index is 10.7. The molecule has 7 nitrogen and oxygen atoms in total.